The molecule has 6 heteroatoms. The Bertz CT molecular complexity index is 928. The Hall–Kier alpha value is -2.44. The minimum absolute atomic E-state index is 0.0143. The lowest BCUT2D eigenvalue weighted by Gasteiger charge is -2.24. The van der Waals surface area contributed by atoms with Gasteiger partial charge in [0.2, 0.25) is 0 Å². The summed E-state index contributed by atoms with van der Waals surface area (Å²) in [5, 5.41) is 1.92. The van der Waals surface area contributed by atoms with E-state index >= 15 is 0 Å². The molecule has 1 fully saturated rings. The van der Waals surface area contributed by atoms with Crippen LogP contribution in [0.15, 0.2) is 66.0 Å². The molecule has 1 aromatic heterocycles. The average Bonchev–Trinajstić information content (AvgIpc) is 3.44. The number of thiophene rings is 1. The maximum absolute atomic E-state index is 12.9. The number of hydrogen-bond donors (Lipinski definition) is 0. The molecule has 1 aliphatic heterocycles. The highest BCUT2D eigenvalue weighted by Crippen LogP contribution is 2.42. The zero-order valence-electron chi connectivity index (χ0n) is 15.5. The maximum atomic E-state index is 12.9. The van der Waals surface area contributed by atoms with Crippen molar-refractivity contribution in [3.63, 3.8) is 0 Å². The Balaban J connectivity index is 1.56. The van der Waals surface area contributed by atoms with Crippen molar-refractivity contribution in [2.24, 2.45) is 0 Å². The number of carbonyl (C=O) groups is 1. The van der Waals surface area contributed by atoms with Crippen LogP contribution in [0.2, 0.25) is 0 Å². The van der Waals surface area contributed by atoms with Gasteiger partial charge in [0.25, 0.3) is 5.91 Å². The van der Waals surface area contributed by atoms with E-state index in [-0.39, 0.29) is 11.3 Å². The van der Waals surface area contributed by atoms with Gasteiger partial charge in [-0.25, -0.2) is 0 Å². The van der Waals surface area contributed by atoms with E-state index < -0.39 is 0 Å². The fourth-order valence-corrected chi connectivity index (χ4v) is 5.12. The largest absolute Gasteiger partial charge is 0.493 e. The third-order valence-corrected chi connectivity index (χ3v) is 6.71. The van der Waals surface area contributed by atoms with Gasteiger partial charge in [-0.2, -0.15) is 0 Å². The maximum Gasteiger partial charge on any atom is 0.265 e. The summed E-state index contributed by atoms with van der Waals surface area (Å²) in [4.78, 5) is 15.6. The van der Waals surface area contributed by atoms with Crippen LogP contribution in [0.5, 0.6) is 11.5 Å². The number of carbonyl (C=O) groups excluding carboxylic acids is 1. The highest BCUT2D eigenvalue weighted by atomic mass is 32.2. The number of ether oxygens (including phenoxy) is 2. The zero-order valence-corrected chi connectivity index (χ0v) is 17.2. The Morgan fingerprint density at radius 3 is 2.71 bits per heavy atom. The predicted molar refractivity (Wildman–Crippen MR) is 114 cm³/mol. The van der Waals surface area contributed by atoms with E-state index in [1.807, 2.05) is 70.9 Å². The summed E-state index contributed by atoms with van der Waals surface area (Å²) in [5.74, 6) is 2.40. The molecule has 0 saturated carbocycles. The molecule has 1 amide bonds. The number of rotatable bonds is 6. The summed E-state index contributed by atoms with van der Waals surface area (Å²) in [6, 6.07) is 19.8. The molecule has 0 N–H and O–H groups in total. The number of benzene rings is 2. The molecule has 1 unspecified atom stereocenters. The molecule has 28 heavy (non-hydrogen) atoms. The third-order valence-electron chi connectivity index (χ3n) is 4.59. The number of methoxy groups -OCH3 is 1. The predicted octanol–water partition coefficient (Wildman–Crippen LogP) is 5.22. The van der Waals surface area contributed by atoms with Crippen LogP contribution in [0.3, 0.4) is 0 Å². The minimum atomic E-state index is -0.0143. The standard InChI is InChI=1S/C22H21NO3S2/c1-25-18-10-9-17(14-19(18)26-15-16-6-3-2-4-7-16)22-23(11-13-28-22)21(24)20-8-5-12-27-20/h2-10,12,14,22H,11,13,15H2,1H3. The first-order valence-electron chi connectivity index (χ1n) is 9.07. The monoisotopic (exact) mass is 411 g/mol. The van der Waals surface area contributed by atoms with Crippen LogP contribution in [0, 0.1) is 0 Å². The first kappa shape index (κ1) is 18.9. The van der Waals surface area contributed by atoms with Gasteiger partial charge < -0.3 is 14.4 Å². The molecule has 0 bridgehead atoms. The Kier molecular flexibility index (Phi) is 5.88. The molecule has 0 radical (unpaired) electrons. The molecule has 1 atom stereocenters. The second-order valence-electron chi connectivity index (χ2n) is 6.38. The normalized spacial score (nSPS) is 16.2. The SMILES string of the molecule is COc1ccc(C2SCCN2C(=O)c2cccs2)cc1OCc1ccccc1. The van der Waals surface area contributed by atoms with Crippen molar-refractivity contribution in [1.29, 1.82) is 0 Å². The van der Waals surface area contributed by atoms with Gasteiger partial charge in [0.05, 0.1) is 12.0 Å². The van der Waals surface area contributed by atoms with Gasteiger partial charge in [-0.1, -0.05) is 42.5 Å². The van der Waals surface area contributed by atoms with Gasteiger partial charge in [0, 0.05) is 12.3 Å². The van der Waals surface area contributed by atoms with Crippen LogP contribution in [0.1, 0.15) is 26.2 Å². The summed E-state index contributed by atoms with van der Waals surface area (Å²) < 4.78 is 11.5. The fraction of sp³-hybridized carbons (Fsp3) is 0.227. The summed E-state index contributed by atoms with van der Waals surface area (Å²) in [5.41, 5.74) is 2.15. The molecule has 3 aromatic rings. The Labute approximate surface area is 173 Å². The van der Waals surface area contributed by atoms with Crippen LogP contribution >= 0.6 is 23.1 Å². The van der Waals surface area contributed by atoms with E-state index in [0.717, 1.165) is 28.3 Å². The summed E-state index contributed by atoms with van der Waals surface area (Å²) >= 11 is 3.26. The van der Waals surface area contributed by atoms with Crippen LogP contribution in [-0.4, -0.2) is 30.2 Å². The topological polar surface area (TPSA) is 38.8 Å². The van der Waals surface area contributed by atoms with Crippen molar-refractivity contribution in [2.45, 2.75) is 12.0 Å². The lowest BCUT2D eigenvalue weighted by atomic mass is 10.1. The van der Waals surface area contributed by atoms with E-state index in [1.165, 1.54) is 11.3 Å². The number of thioether (sulfide) groups is 1. The van der Waals surface area contributed by atoms with Gasteiger partial charge >= 0.3 is 0 Å². The highest BCUT2D eigenvalue weighted by Gasteiger charge is 2.32. The Morgan fingerprint density at radius 1 is 1.11 bits per heavy atom. The van der Waals surface area contributed by atoms with Crippen molar-refractivity contribution in [3.05, 3.63) is 82.0 Å². The summed E-state index contributed by atoms with van der Waals surface area (Å²) in [7, 11) is 1.64. The molecular formula is C22H21NO3S2. The van der Waals surface area contributed by atoms with Crippen LogP contribution < -0.4 is 9.47 Å². The second-order valence-corrected chi connectivity index (χ2v) is 8.52. The van der Waals surface area contributed by atoms with Gasteiger partial charge in [-0.05, 0) is 34.7 Å². The lowest BCUT2D eigenvalue weighted by molar-refractivity contribution is 0.0765. The van der Waals surface area contributed by atoms with Crippen LogP contribution in [0.25, 0.3) is 0 Å². The van der Waals surface area contributed by atoms with Crippen molar-refractivity contribution in [2.75, 3.05) is 19.4 Å². The molecule has 1 aliphatic rings. The van der Waals surface area contributed by atoms with Crippen molar-refractivity contribution >= 4 is 29.0 Å². The number of nitrogens with zero attached hydrogens (tertiary/aromatic N) is 1. The molecule has 2 heterocycles. The molecule has 1 saturated heterocycles. The molecular weight excluding hydrogens is 390 g/mol. The van der Waals surface area contributed by atoms with E-state index in [2.05, 4.69) is 0 Å². The lowest BCUT2D eigenvalue weighted by Crippen LogP contribution is -2.29. The fourth-order valence-electron chi connectivity index (χ4n) is 3.19. The van der Waals surface area contributed by atoms with E-state index in [1.54, 1.807) is 18.9 Å². The van der Waals surface area contributed by atoms with Crippen molar-refractivity contribution in [3.8, 4) is 11.5 Å². The Morgan fingerprint density at radius 2 is 1.96 bits per heavy atom. The zero-order chi connectivity index (χ0) is 19.3. The summed E-state index contributed by atoms with van der Waals surface area (Å²) in [6.07, 6.45) is 0. The number of hydrogen-bond acceptors (Lipinski definition) is 5. The van der Waals surface area contributed by atoms with Gasteiger partial charge in [0.15, 0.2) is 11.5 Å². The van der Waals surface area contributed by atoms with E-state index in [4.69, 9.17) is 9.47 Å². The van der Waals surface area contributed by atoms with Gasteiger partial charge in [0.1, 0.15) is 12.0 Å². The highest BCUT2D eigenvalue weighted by molar-refractivity contribution is 7.99. The number of amides is 1. The second kappa shape index (κ2) is 8.71. The van der Waals surface area contributed by atoms with E-state index in [0.29, 0.717) is 18.1 Å². The third kappa shape index (κ3) is 4.03. The molecule has 4 rings (SSSR count). The van der Waals surface area contributed by atoms with Crippen LogP contribution in [0.4, 0.5) is 0 Å². The van der Waals surface area contributed by atoms with Crippen molar-refractivity contribution < 1.29 is 14.3 Å². The van der Waals surface area contributed by atoms with E-state index in [9.17, 15) is 4.79 Å². The molecule has 0 aliphatic carbocycles. The molecule has 144 valence electrons. The van der Waals surface area contributed by atoms with Gasteiger partial charge in [-0.3, -0.25) is 4.79 Å². The summed E-state index contributed by atoms with van der Waals surface area (Å²) in [6.45, 7) is 1.22. The average molecular weight is 412 g/mol. The smallest absolute Gasteiger partial charge is 0.265 e. The first-order chi connectivity index (χ1) is 13.8. The van der Waals surface area contributed by atoms with Gasteiger partial charge in [-0.15, -0.1) is 23.1 Å². The molecule has 0 spiro atoms. The van der Waals surface area contributed by atoms with Crippen LogP contribution in [-0.2, 0) is 6.61 Å². The van der Waals surface area contributed by atoms with Crippen molar-refractivity contribution in [1.82, 2.24) is 4.90 Å². The minimum Gasteiger partial charge on any atom is -0.493 e. The first-order valence-corrected chi connectivity index (χ1v) is 11.0. The molecule has 4 nitrogen and oxygen atoms in total. The quantitative estimate of drug-likeness (QED) is 0.557. The molecule has 2 aromatic carbocycles.